The van der Waals surface area contributed by atoms with Crippen molar-refractivity contribution < 1.29 is 22.7 Å². The van der Waals surface area contributed by atoms with E-state index < -0.39 is 21.6 Å². The summed E-state index contributed by atoms with van der Waals surface area (Å²) in [6.07, 6.45) is 3.16. The van der Waals surface area contributed by atoms with Crippen LogP contribution in [-0.2, 0) is 27.8 Å². The van der Waals surface area contributed by atoms with E-state index in [1.165, 1.54) is 35.7 Å². The van der Waals surface area contributed by atoms with Gasteiger partial charge in [0.1, 0.15) is 5.75 Å². The molecule has 0 atom stereocenters. The topological polar surface area (TPSA) is 119 Å². The zero-order valence-corrected chi connectivity index (χ0v) is 19.9. The van der Waals surface area contributed by atoms with Crippen molar-refractivity contribution in [1.29, 1.82) is 0 Å². The molecular weight excluding hydrogens is 470 g/mol. The van der Waals surface area contributed by atoms with Gasteiger partial charge in [-0.25, -0.2) is 13.2 Å². The average molecular weight is 494 g/mol. The maximum absolute atomic E-state index is 13.6. The van der Waals surface area contributed by atoms with Crippen molar-refractivity contribution >= 4 is 26.9 Å². The Morgan fingerprint density at radius 1 is 1.03 bits per heavy atom. The van der Waals surface area contributed by atoms with Crippen molar-refractivity contribution in [2.45, 2.75) is 18.0 Å². The monoisotopic (exact) mass is 493 g/mol. The molecule has 0 spiro atoms. The molecule has 1 N–H and O–H groups in total. The highest BCUT2D eigenvalue weighted by atomic mass is 32.2. The van der Waals surface area contributed by atoms with Crippen LogP contribution in [0.4, 0.5) is 0 Å². The number of nitrogens with one attached hydrogen (secondary N) is 1. The molecule has 0 aliphatic rings. The molecule has 10 heteroatoms. The smallest absolute Gasteiger partial charge is 0.337 e. The number of hydrogen-bond donors (Lipinski definition) is 1. The van der Waals surface area contributed by atoms with Crippen LogP contribution < -0.4 is 10.3 Å². The lowest BCUT2D eigenvalue weighted by molar-refractivity contribution is 0.0600. The van der Waals surface area contributed by atoms with Crippen molar-refractivity contribution in [3.8, 4) is 5.75 Å². The number of fused-ring (bicyclic) bond motifs is 1. The van der Waals surface area contributed by atoms with E-state index in [2.05, 4.69) is 14.7 Å². The normalized spacial score (nSPS) is 11.5. The van der Waals surface area contributed by atoms with Gasteiger partial charge in [0.2, 0.25) is 10.0 Å². The molecule has 9 nitrogen and oxygen atoms in total. The molecule has 0 fully saturated rings. The van der Waals surface area contributed by atoms with Crippen LogP contribution in [0.3, 0.4) is 0 Å². The maximum Gasteiger partial charge on any atom is 0.337 e. The van der Waals surface area contributed by atoms with E-state index in [0.29, 0.717) is 22.2 Å². The van der Waals surface area contributed by atoms with E-state index in [4.69, 9.17) is 4.74 Å². The molecule has 0 aliphatic carbocycles. The SMILES string of the molecule is COC(=O)c1ccc(S(=O)(=O)N(Cc2cccnc2)Cc2cc3cc(OC)ccc3[nH]c2=O)cc1. The number of aromatic nitrogens is 2. The third-order valence-corrected chi connectivity index (χ3v) is 7.28. The van der Waals surface area contributed by atoms with Crippen molar-refractivity contribution in [2.24, 2.45) is 0 Å². The summed E-state index contributed by atoms with van der Waals surface area (Å²) in [7, 11) is -1.26. The van der Waals surface area contributed by atoms with Gasteiger partial charge in [-0.3, -0.25) is 9.78 Å². The second-order valence-electron chi connectivity index (χ2n) is 7.73. The molecule has 4 aromatic rings. The summed E-state index contributed by atoms with van der Waals surface area (Å²) in [6, 6.07) is 15.8. The highest BCUT2D eigenvalue weighted by Crippen LogP contribution is 2.23. The number of rotatable bonds is 8. The van der Waals surface area contributed by atoms with Gasteiger partial charge in [0.25, 0.3) is 5.56 Å². The van der Waals surface area contributed by atoms with Crippen LogP contribution in [0.2, 0.25) is 0 Å². The summed E-state index contributed by atoms with van der Waals surface area (Å²) < 4.78 is 38.4. The number of carbonyl (C=O) groups is 1. The largest absolute Gasteiger partial charge is 0.497 e. The van der Waals surface area contributed by atoms with Gasteiger partial charge < -0.3 is 14.5 Å². The van der Waals surface area contributed by atoms with Gasteiger partial charge in [0, 0.05) is 41.9 Å². The first-order valence-corrected chi connectivity index (χ1v) is 12.0. The second kappa shape index (κ2) is 10.1. The fourth-order valence-corrected chi connectivity index (χ4v) is 5.02. The Morgan fingerprint density at radius 2 is 1.80 bits per heavy atom. The molecule has 2 heterocycles. The van der Waals surface area contributed by atoms with Gasteiger partial charge in [0.15, 0.2) is 0 Å². The number of methoxy groups -OCH3 is 2. The Morgan fingerprint density at radius 3 is 2.46 bits per heavy atom. The second-order valence-corrected chi connectivity index (χ2v) is 9.67. The highest BCUT2D eigenvalue weighted by Gasteiger charge is 2.26. The van der Waals surface area contributed by atoms with E-state index in [-0.39, 0.29) is 29.1 Å². The average Bonchev–Trinajstić information content (AvgIpc) is 2.88. The van der Waals surface area contributed by atoms with Crippen LogP contribution in [0.25, 0.3) is 10.9 Å². The van der Waals surface area contributed by atoms with Gasteiger partial charge in [-0.2, -0.15) is 4.31 Å². The van der Waals surface area contributed by atoms with Crippen molar-refractivity contribution in [2.75, 3.05) is 14.2 Å². The summed E-state index contributed by atoms with van der Waals surface area (Å²) in [5.41, 5.74) is 1.37. The lowest BCUT2D eigenvalue weighted by Crippen LogP contribution is -2.32. The van der Waals surface area contributed by atoms with Gasteiger partial charge in [-0.15, -0.1) is 0 Å². The number of aromatic amines is 1. The van der Waals surface area contributed by atoms with Crippen molar-refractivity contribution in [3.05, 3.63) is 100 Å². The third kappa shape index (κ3) is 5.23. The molecule has 180 valence electrons. The first kappa shape index (κ1) is 24.1. The van der Waals surface area contributed by atoms with Crippen molar-refractivity contribution in [3.63, 3.8) is 0 Å². The van der Waals surface area contributed by atoms with Crippen LogP contribution in [-0.4, -0.2) is 42.9 Å². The molecule has 0 saturated carbocycles. The number of nitrogens with zero attached hydrogens (tertiary/aromatic N) is 2. The number of carbonyl (C=O) groups excluding carboxylic acids is 1. The molecule has 2 aromatic heterocycles. The molecule has 0 aliphatic heterocycles. The predicted molar refractivity (Wildman–Crippen MR) is 130 cm³/mol. The molecule has 0 amide bonds. The minimum absolute atomic E-state index is 0.00941. The number of sulfonamides is 1. The van der Waals surface area contributed by atoms with E-state index >= 15 is 0 Å². The minimum Gasteiger partial charge on any atom is -0.497 e. The third-order valence-electron chi connectivity index (χ3n) is 5.47. The number of esters is 1. The van der Waals surface area contributed by atoms with Gasteiger partial charge in [0.05, 0.1) is 24.7 Å². The van der Waals surface area contributed by atoms with Crippen LogP contribution in [0.5, 0.6) is 5.75 Å². The Kier molecular flexibility index (Phi) is 6.94. The Bertz CT molecular complexity index is 1520. The first-order chi connectivity index (χ1) is 16.8. The lowest BCUT2D eigenvalue weighted by Gasteiger charge is -2.22. The highest BCUT2D eigenvalue weighted by molar-refractivity contribution is 7.89. The predicted octanol–water partition coefficient (Wildman–Crippen LogP) is 3.11. The minimum atomic E-state index is -4.05. The summed E-state index contributed by atoms with van der Waals surface area (Å²) in [5, 5.41) is 0.708. The molecule has 0 radical (unpaired) electrons. The Hall–Kier alpha value is -4.02. The van der Waals surface area contributed by atoms with Crippen LogP contribution in [0.15, 0.2) is 82.7 Å². The maximum atomic E-state index is 13.6. The van der Waals surface area contributed by atoms with Crippen LogP contribution in [0, 0.1) is 0 Å². The molecule has 0 saturated heterocycles. The molecular formula is C25H23N3O6S. The first-order valence-electron chi connectivity index (χ1n) is 10.6. The molecule has 4 rings (SSSR count). The van der Waals surface area contributed by atoms with Gasteiger partial charge >= 0.3 is 5.97 Å². The fourth-order valence-electron chi connectivity index (χ4n) is 3.62. The molecule has 0 bridgehead atoms. The molecule has 35 heavy (non-hydrogen) atoms. The Balaban J connectivity index is 1.75. The van der Waals surface area contributed by atoms with E-state index in [1.54, 1.807) is 55.9 Å². The molecule has 2 aromatic carbocycles. The molecule has 0 unspecified atom stereocenters. The number of hydrogen-bond acceptors (Lipinski definition) is 7. The van der Waals surface area contributed by atoms with Crippen molar-refractivity contribution in [1.82, 2.24) is 14.3 Å². The van der Waals surface area contributed by atoms with Crippen LogP contribution in [0.1, 0.15) is 21.5 Å². The van der Waals surface area contributed by atoms with Gasteiger partial charge in [-0.05, 0) is 60.2 Å². The zero-order chi connectivity index (χ0) is 25.0. The quantitative estimate of drug-likeness (QED) is 0.375. The Labute approximate surface area is 202 Å². The zero-order valence-electron chi connectivity index (χ0n) is 19.1. The number of H-pyrrole nitrogens is 1. The summed E-state index contributed by atoms with van der Waals surface area (Å²) in [5.74, 6) is 0.0420. The standard InChI is InChI=1S/C25H23N3O6S/c1-33-21-7-10-23-19(13-21)12-20(24(29)27-23)16-28(15-17-4-3-11-26-14-17)35(31,32)22-8-5-18(6-9-22)25(30)34-2/h3-14H,15-16H2,1-2H3,(H,27,29). The summed E-state index contributed by atoms with van der Waals surface area (Å²) in [6.45, 7) is -0.191. The van der Waals surface area contributed by atoms with Crippen LogP contribution >= 0.6 is 0 Å². The number of benzene rings is 2. The fraction of sp³-hybridized carbons (Fsp3) is 0.160. The summed E-state index contributed by atoms with van der Waals surface area (Å²) in [4.78, 5) is 31.4. The number of pyridine rings is 2. The van der Waals surface area contributed by atoms with Gasteiger partial charge in [-0.1, -0.05) is 6.07 Å². The van der Waals surface area contributed by atoms with E-state index in [0.717, 1.165) is 0 Å². The summed E-state index contributed by atoms with van der Waals surface area (Å²) >= 11 is 0. The number of ether oxygens (including phenoxy) is 2. The van der Waals surface area contributed by atoms with E-state index in [1.807, 2.05) is 0 Å². The van der Waals surface area contributed by atoms with E-state index in [9.17, 15) is 18.0 Å². The lowest BCUT2D eigenvalue weighted by atomic mass is 10.1.